The zero-order valence-electron chi connectivity index (χ0n) is 14.7. The molecule has 0 atom stereocenters. The predicted octanol–water partition coefficient (Wildman–Crippen LogP) is 3.98. The number of esters is 1. The smallest absolute Gasteiger partial charge is 0.311 e. The highest BCUT2D eigenvalue weighted by molar-refractivity contribution is 5.86. The van der Waals surface area contributed by atoms with Crippen molar-refractivity contribution in [3.63, 3.8) is 0 Å². The Bertz CT molecular complexity index is 530. The molecule has 0 saturated heterocycles. The molecule has 22 heavy (non-hydrogen) atoms. The summed E-state index contributed by atoms with van der Waals surface area (Å²) in [5.41, 5.74) is 1.27. The van der Waals surface area contributed by atoms with E-state index in [2.05, 4.69) is 0 Å². The standard InChI is InChI=1S/C19H28O3/c1-18(2,3)16(20)13-15-10-8-7-9-14(15)11-12-22-17(21)19(4,5)6/h7-10H,11-13H2,1-6H3. The maximum absolute atomic E-state index is 12.2. The summed E-state index contributed by atoms with van der Waals surface area (Å²) in [6.07, 6.45) is 1.06. The van der Waals surface area contributed by atoms with Crippen molar-refractivity contribution in [2.75, 3.05) is 6.61 Å². The summed E-state index contributed by atoms with van der Waals surface area (Å²) in [4.78, 5) is 24.0. The minimum Gasteiger partial charge on any atom is -0.465 e. The molecule has 1 aromatic rings. The molecule has 0 heterocycles. The summed E-state index contributed by atoms with van der Waals surface area (Å²) in [7, 11) is 0. The Balaban J connectivity index is 2.69. The molecule has 0 amide bonds. The van der Waals surface area contributed by atoms with E-state index in [-0.39, 0.29) is 17.2 Å². The third kappa shape index (κ3) is 5.63. The first-order chi connectivity index (χ1) is 10.0. The van der Waals surface area contributed by atoms with E-state index in [1.807, 2.05) is 65.8 Å². The van der Waals surface area contributed by atoms with Gasteiger partial charge in [0.1, 0.15) is 5.78 Å². The van der Waals surface area contributed by atoms with Gasteiger partial charge >= 0.3 is 5.97 Å². The van der Waals surface area contributed by atoms with Crippen molar-refractivity contribution in [1.82, 2.24) is 0 Å². The molecule has 0 N–H and O–H groups in total. The lowest BCUT2D eigenvalue weighted by atomic mass is 9.86. The van der Waals surface area contributed by atoms with Crippen LogP contribution in [0.5, 0.6) is 0 Å². The maximum Gasteiger partial charge on any atom is 0.311 e. The molecule has 0 saturated carbocycles. The molecule has 1 rings (SSSR count). The Morgan fingerprint density at radius 2 is 1.45 bits per heavy atom. The third-order valence-electron chi connectivity index (χ3n) is 3.52. The Morgan fingerprint density at radius 3 is 1.95 bits per heavy atom. The summed E-state index contributed by atoms with van der Waals surface area (Å²) < 4.78 is 5.31. The van der Waals surface area contributed by atoms with Crippen LogP contribution in [0.2, 0.25) is 0 Å². The number of hydrogen-bond donors (Lipinski definition) is 0. The first-order valence-corrected chi connectivity index (χ1v) is 7.79. The summed E-state index contributed by atoms with van der Waals surface area (Å²) in [6.45, 7) is 11.7. The second-order valence-corrected chi connectivity index (χ2v) is 7.75. The number of ketones is 1. The van der Waals surface area contributed by atoms with E-state index in [0.29, 0.717) is 19.4 Å². The maximum atomic E-state index is 12.2. The van der Waals surface area contributed by atoms with Gasteiger partial charge in [-0.25, -0.2) is 0 Å². The minimum atomic E-state index is -0.484. The summed E-state index contributed by atoms with van der Waals surface area (Å²) in [5.74, 6) is 0.0161. The van der Waals surface area contributed by atoms with E-state index in [9.17, 15) is 9.59 Å². The zero-order valence-corrected chi connectivity index (χ0v) is 14.7. The fourth-order valence-electron chi connectivity index (χ4n) is 1.88. The van der Waals surface area contributed by atoms with Gasteiger partial charge in [0.2, 0.25) is 0 Å². The average molecular weight is 304 g/mol. The molecule has 0 radical (unpaired) electrons. The van der Waals surface area contributed by atoms with Crippen molar-refractivity contribution >= 4 is 11.8 Å². The fraction of sp³-hybridized carbons (Fsp3) is 0.579. The highest BCUT2D eigenvalue weighted by atomic mass is 16.5. The first kappa shape index (κ1) is 18.4. The van der Waals surface area contributed by atoms with Crippen LogP contribution in [0.4, 0.5) is 0 Å². The Morgan fingerprint density at radius 1 is 0.909 bits per heavy atom. The average Bonchev–Trinajstić information content (AvgIpc) is 2.38. The largest absolute Gasteiger partial charge is 0.465 e. The normalized spacial score (nSPS) is 12.1. The van der Waals surface area contributed by atoms with E-state index in [4.69, 9.17) is 4.74 Å². The van der Waals surface area contributed by atoms with Gasteiger partial charge in [-0.1, -0.05) is 45.0 Å². The van der Waals surface area contributed by atoms with Gasteiger partial charge in [-0.05, 0) is 31.9 Å². The molecule has 0 aliphatic carbocycles. The third-order valence-corrected chi connectivity index (χ3v) is 3.52. The molecule has 0 aliphatic heterocycles. The number of Topliss-reactive ketones (excluding diaryl/α,β-unsaturated/α-hetero) is 1. The molecule has 0 fully saturated rings. The van der Waals surface area contributed by atoms with Crippen LogP contribution in [0, 0.1) is 10.8 Å². The van der Waals surface area contributed by atoms with Gasteiger partial charge in [0.25, 0.3) is 0 Å². The van der Waals surface area contributed by atoms with Crippen LogP contribution in [0.3, 0.4) is 0 Å². The molecule has 0 bridgehead atoms. The highest BCUT2D eigenvalue weighted by Crippen LogP contribution is 2.20. The quantitative estimate of drug-likeness (QED) is 0.773. The Hall–Kier alpha value is -1.64. The molecule has 122 valence electrons. The monoisotopic (exact) mass is 304 g/mol. The number of rotatable bonds is 5. The summed E-state index contributed by atoms with van der Waals surface area (Å²) >= 11 is 0. The van der Waals surface area contributed by atoms with Gasteiger partial charge in [0.05, 0.1) is 12.0 Å². The van der Waals surface area contributed by atoms with Crippen LogP contribution >= 0.6 is 0 Å². The Labute approximate surface area is 134 Å². The predicted molar refractivity (Wildman–Crippen MR) is 88.7 cm³/mol. The van der Waals surface area contributed by atoms with E-state index in [1.54, 1.807) is 0 Å². The van der Waals surface area contributed by atoms with Gasteiger partial charge in [0.15, 0.2) is 0 Å². The molecule has 0 spiro atoms. The Kier molecular flexibility index (Phi) is 5.92. The lowest BCUT2D eigenvalue weighted by Gasteiger charge is -2.19. The van der Waals surface area contributed by atoms with E-state index in [0.717, 1.165) is 11.1 Å². The molecule has 1 aromatic carbocycles. The van der Waals surface area contributed by atoms with E-state index < -0.39 is 5.41 Å². The number of ether oxygens (including phenoxy) is 1. The van der Waals surface area contributed by atoms with Crippen LogP contribution < -0.4 is 0 Å². The van der Waals surface area contributed by atoms with Gasteiger partial charge in [-0.15, -0.1) is 0 Å². The van der Waals surface area contributed by atoms with E-state index in [1.165, 1.54) is 0 Å². The zero-order chi connectivity index (χ0) is 17.0. The molecule has 0 aliphatic rings. The second kappa shape index (κ2) is 7.08. The molecule has 3 nitrogen and oxygen atoms in total. The number of hydrogen-bond acceptors (Lipinski definition) is 3. The molecule has 0 aromatic heterocycles. The first-order valence-electron chi connectivity index (χ1n) is 7.79. The summed E-state index contributed by atoms with van der Waals surface area (Å²) in [6, 6.07) is 7.86. The lowest BCUT2D eigenvalue weighted by molar-refractivity contribution is -0.152. The van der Waals surface area contributed by atoms with Crippen molar-refractivity contribution in [3.8, 4) is 0 Å². The minimum absolute atomic E-state index is 0.198. The molecular weight excluding hydrogens is 276 g/mol. The SMILES string of the molecule is CC(C)(C)C(=O)Cc1ccccc1CCOC(=O)C(C)(C)C. The van der Waals surface area contributed by atoms with Crippen LogP contribution in [0.25, 0.3) is 0 Å². The number of benzene rings is 1. The fourth-order valence-corrected chi connectivity index (χ4v) is 1.88. The van der Waals surface area contributed by atoms with Gasteiger partial charge in [-0.3, -0.25) is 9.59 Å². The van der Waals surface area contributed by atoms with Crippen molar-refractivity contribution in [2.45, 2.75) is 54.4 Å². The summed E-state index contributed by atoms with van der Waals surface area (Å²) in [5, 5.41) is 0. The van der Waals surface area contributed by atoms with Crippen molar-refractivity contribution < 1.29 is 14.3 Å². The van der Waals surface area contributed by atoms with Crippen molar-refractivity contribution in [2.24, 2.45) is 10.8 Å². The highest BCUT2D eigenvalue weighted by Gasteiger charge is 2.24. The van der Waals surface area contributed by atoms with E-state index >= 15 is 0 Å². The molecular formula is C19H28O3. The number of carbonyl (C=O) groups is 2. The second-order valence-electron chi connectivity index (χ2n) is 7.75. The van der Waals surface area contributed by atoms with Crippen LogP contribution in [-0.4, -0.2) is 18.4 Å². The van der Waals surface area contributed by atoms with Gasteiger partial charge < -0.3 is 4.74 Å². The van der Waals surface area contributed by atoms with Crippen LogP contribution in [0.1, 0.15) is 52.7 Å². The van der Waals surface area contributed by atoms with Crippen molar-refractivity contribution in [1.29, 1.82) is 0 Å². The molecule has 0 unspecified atom stereocenters. The van der Waals surface area contributed by atoms with Gasteiger partial charge in [-0.2, -0.15) is 0 Å². The number of carbonyl (C=O) groups excluding carboxylic acids is 2. The van der Waals surface area contributed by atoms with Crippen LogP contribution in [0.15, 0.2) is 24.3 Å². The topological polar surface area (TPSA) is 43.4 Å². The van der Waals surface area contributed by atoms with Gasteiger partial charge in [0, 0.05) is 18.3 Å². The lowest BCUT2D eigenvalue weighted by Crippen LogP contribution is -2.24. The van der Waals surface area contributed by atoms with Crippen molar-refractivity contribution in [3.05, 3.63) is 35.4 Å². The molecule has 3 heteroatoms. The van der Waals surface area contributed by atoms with Crippen LogP contribution in [-0.2, 0) is 27.2 Å².